The molecule has 0 unspecified atom stereocenters. The van der Waals surface area contributed by atoms with Crippen molar-refractivity contribution in [2.24, 2.45) is 0 Å². The van der Waals surface area contributed by atoms with Crippen LogP contribution in [0.4, 0.5) is 5.69 Å². The largest absolute Gasteiger partial charge is 0.377 e. The monoisotopic (exact) mass is 275 g/mol. The summed E-state index contributed by atoms with van der Waals surface area (Å²) in [5.74, 6) is 0.488. The minimum Gasteiger partial charge on any atom is -0.377 e. The van der Waals surface area contributed by atoms with Crippen LogP contribution in [0.15, 0.2) is 18.2 Å². The van der Waals surface area contributed by atoms with Gasteiger partial charge in [-0.1, -0.05) is 17.7 Å². The number of likely N-dealkylation sites (N-methyl/N-ethyl adjacent to an activating group) is 1. The molecule has 0 fully saturated rings. The summed E-state index contributed by atoms with van der Waals surface area (Å²) >= 11 is 11.9. The maximum Gasteiger partial charge on any atom is 0.0644 e. The van der Waals surface area contributed by atoms with E-state index in [1.54, 1.807) is 0 Å². The molecule has 0 spiro atoms. The van der Waals surface area contributed by atoms with Crippen LogP contribution in [0, 0.1) is 0 Å². The molecule has 1 aromatic carbocycles. The first kappa shape index (κ1) is 14.6. The summed E-state index contributed by atoms with van der Waals surface area (Å²) in [6.45, 7) is 5.58. The van der Waals surface area contributed by atoms with E-state index in [-0.39, 0.29) is 6.10 Å². The molecule has 1 aromatic rings. The molecule has 0 radical (unpaired) electrons. The molecule has 0 aliphatic heterocycles. The Labute approximate surface area is 113 Å². The first-order chi connectivity index (χ1) is 8.04. The fourth-order valence-electron chi connectivity index (χ4n) is 1.55. The number of anilines is 1. The summed E-state index contributed by atoms with van der Waals surface area (Å²) in [6.07, 6.45) is 0.259. The molecule has 0 aliphatic rings. The van der Waals surface area contributed by atoms with Crippen molar-refractivity contribution < 1.29 is 4.74 Å². The van der Waals surface area contributed by atoms with Crippen molar-refractivity contribution in [1.82, 2.24) is 0 Å². The fraction of sp³-hybridized carbons (Fsp3) is 0.538. The van der Waals surface area contributed by atoms with Crippen LogP contribution in [0.2, 0.25) is 5.02 Å². The zero-order valence-electron chi connectivity index (χ0n) is 10.5. The van der Waals surface area contributed by atoms with E-state index in [1.165, 1.54) is 0 Å². The molecule has 17 heavy (non-hydrogen) atoms. The molecular formula is C13H19Cl2NO. The Kier molecular flexibility index (Phi) is 6.10. The molecule has 96 valence electrons. The van der Waals surface area contributed by atoms with Crippen molar-refractivity contribution >= 4 is 28.9 Å². The van der Waals surface area contributed by atoms with E-state index < -0.39 is 0 Å². The zero-order chi connectivity index (χ0) is 12.8. The lowest BCUT2D eigenvalue weighted by Crippen LogP contribution is -2.24. The fourth-order valence-corrected chi connectivity index (χ4v) is 1.94. The molecule has 0 N–H and O–H groups in total. The second kappa shape index (κ2) is 7.10. The standard InChI is InChI=1S/C13H19Cl2NO/c1-10(2)17-7-6-16(3)13-8-12(15)5-4-11(13)9-14/h4-5,8,10H,6-7,9H2,1-3H3. The van der Waals surface area contributed by atoms with Gasteiger partial charge in [0.1, 0.15) is 0 Å². The highest BCUT2D eigenvalue weighted by Crippen LogP contribution is 2.25. The topological polar surface area (TPSA) is 12.5 Å². The summed E-state index contributed by atoms with van der Waals surface area (Å²) in [5, 5.41) is 0.727. The van der Waals surface area contributed by atoms with Crippen molar-refractivity contribution in [1.29, 1.82) is 0 Å². The van der Waals surface area contributed by atoms with Crippen LogP contribution in [0.25, 0.3) is 0 Å². The number of rotatable bonds is 6. The third-order valence-electron chi connectivity index (χ3n) is 2.48. The van der Waals surface area contributed by atoms with Gasteiger partial charge < -0.3 is 9.64 Å². The predicted octanol–water partition coefficient (Wildman–Crippen LogP) is 3.94. The number of hydrogen-bond donors (Lipinski definition) is 0. The molecule has 0 bridgehead atoms. The van der Waals surface area contributed by atoms with Crippen LogP contribution in [-0.2, 0) is 10.6 Å². The van der Waals surface area contributed by atoms with Crippen LogP contribution in [-0.4, -0.2) is 26.3 Å². The maximum atomic E-state index is 6.00. The van der Waals surface area contributed by atoms with Gasteiger partial charge in [-0.25, -0.2) is 0 Å². The van der Waals surface area contributed by atoms with Gasteiger partial charge >= 0.3 is 0 Å². The summed E-state index contributed by atoms with van der Waals surface area (Å²) in [7, 11) is 2.02. The van der Waals surface area contributed by atoms with Crippen LogP contribution in [0.5, 0.6) is 0 Å². The molecule has 0 amide bonds. The van der Waals surface area contributed by atoms with Crippen molar-refractivity contribution in [2.45, 2.75) is 25.8 Å². The smallest absolute Gasteiger partial charge is 0.0644 e. The molecule has 0 aromatic heterocycles. The SMILES string of the molecule is CC(C)OCCN(C)c1cc(Cl)ccc1CCl. The van der Waals surface area contributed by atoms with Crippen LogP contribution >= 0.6 is 23.2 Å². The highest BCUT2D eigenvalue weighted by Gasteiger charge is 2.08. The van der Waals surface area contributed by atoms with Crippen LogP contribution in [0.3, 0.4) is 0 Å². The van der Waals surface area contributed by atoms with Crippen molar-refractivity contribution in [3.8, 4) is 0 Å². The van der Waals surface area contributed by atoms with Gasteiger partial charge in [-0.2, -0.15) is 0 Å². The van der Waals surface area contributed by atoms with E-state index in [2.05, 4.69) is 4.90 Å². The number of nitrogens with zero attached hydrogens (tertiary/aromatic N) is 1. The Hall–Kier alpha value is -0.440. The van der Waals surface area contributed by atoms with Crippen LogP contribution < -0.4 is 4.90 Å². The summed E-state index contributed by atoms with van der Waals surface area (Å²) in [5.41, 5.74) is 2.16. The molecule has 2 nitrogen and oxygen atoms in total. The average Bonchev–Trinajstić information content (AvgIpc) is 2.28. The van der Waals surface area contributed by atoms with E-state index in [9.17, 15) is 0 Å². The van der Waals surface area contributed by atoms with Gasteiger partial charge in [-0.05, 0) is 31.5 Å². The Morgan fingerprint density at radius 2 is 2.06 bits per heavy atom. The molecule has 0 heterocycles. The third-order valence-corrected chi connectivity index (χ3v) is 3.00. The van der Waals surface area contributed by atoms with Gasteiger partial charge in [0.25, 0.3) is 0 Å². The maximum absolute atomic E-state index is 6.00. The first-order valence-corrected chi connectivity index (χ1v) is 6.63. The van der Waals surface area contributed by atoms with Crippen molar-refractivity contribution in [3.63, 3.8) is 0 Å². The van der Waals surface area contributed by atoms with E-state index in [0.29, 0.717) is 12.5 Å². The molecule has 0 saturated carbocycles. The van der Waals surface area contributed by atoms with Gasteiger partial charge in [0.2, 0.25) is 0 Å². The molecular weight excluding hydrogens is 257 g/mol. The number of hydrogen-bond acceptors (Lipinski definition) is 2. The number of halogens is 2. The minimum absolute atomic E-state index is 0.259. The Balaban J connectivity index is 2.66. The van der Waals surface area contributed by atoms with Crippen molar-refractivity contribution in [3.05, 3.63) is 28.8 Å². The number of ether oxygens (including phenoxy) is 1. The second-order valence-corrected chi connectivity index (χ2v) is 4.95. The average molecular weight is 276 g/mol. The van der Waals surface area contributed by atoms with Gasteiger partial charge in [0.15, 0.2) is 0 Å². The third kappa shape index (κ3) is 4.74. The summed E-state index contributed by atoms with van der Waals surface area (Å²) in [4.78, 5) is 2.12. The lowest BCUT2D eigenvalue weighted by Gasteiger charge is -2.22. The molecule has 4 heteroatoms. The number of alkyl halides is 1. The van der Waals surface area contributed by atoms with E-state index in [0.717, 1.165) is 22.8 Å². The highest BCUT2D eigenvalue weighted by atomic mass is 35.5. The Morgan fingerprint density at radius 3 is 2.65 bits per heavy atom. The lowest BCUT2D eigenvalue weighted by molar-refractivity contribution is 0.0846. The van der Waals surface area contributed by atoms with Gasteiger partial charge in [0, 0.05) is 30.2 Å². The lowest BCUT2D eigenvalue weighted by atomic mass is 10.2. The van der Waals surface area contributed by atoms with Crippen molar-refractivity contribution in [2.75, 3.05) is 25.1 Å². The molecule has 0 atom stereocenters. The zero-order valence-corrected chi connectivity index (χ0v) is 12.1. The first-order valence-electron chi connectivity index (χ1n) is 5.71. The van der Waals surface area contributed by atoms with E-state index in [1.807, 2.05) is 39.1 Å². The highest BCUT2D eigenvalue weighted by molar-refractivity contribution is 6.31. The summed E-state index contributed by atoms with van der Waals surface area (Å²) < 4.78 is 5.53. The minimum atomic E-state index is 0.259. The molecule has 0 aliphatic carbocycles. The second-order valence-electron chi connectivity index (χ2n) is 4.25. The quantitative estimate of drug-likeness (QED) is 0.730. The van der Waals surface area contributed by atoms with Gasteiger partial charge in [-0.3, -0.25) is 0 Å². The molecule has 0 saturated heterocycles. The van der Waals surface area contributed by atoms with Gasteiger partial charge in [-0.15, -0.1) is 11.6 Å². The van der Waals surface area contributed by atoms with Gasteiger partial charge in [0.05, 0.1) is 12.7 Å². The normalized spacial score (nSPS) is 10.9. The number of benzene rings is 1. The van der Waals surface area contributed by atoms with E-state index >= 15 is 0 Å². The van der Waals surface area contributed by atoms with E-state index in [4.69, 9.17) is 27.9 Å². The predicted molar refractivity (Wildman–Crippen MR) is 75.4 cm³/mol. The molecule has 1 rings (SSSR count). The Bertz CT molecular complexity index is 355. The summed E-state index contributed by atoms with van der Waals surface area (Å²) in [6, 6.07) is 5.76. The van der Waals surface area contributed by atoms with Crippen LogP contribution in [0.1, 0.15) is 19.4 Å². The Morgan fingerprint density at radius 1 is 1.35 bits per heavy atom.